The summed E-state index contributed by atoms with van der Waals surface area (Å²) in [6, 6.07) is 38.8. The third-order valence-electron chi connectivity index (χ3n) is 11.7. The Morgan fingerprint density at radius 3 is 1.58 bits per heavy atom. The summed E-state index contributed by atoms with van der Waals surface area (Å²) >= 11 is 0. The van der Waals surface area contributed by atoms with Crippen LogP contribution in [0.25, 0.3) is 43.1 Å². The molecule has 4 bridgehead atoms. The van der Waals surface area contributed by atoms with Crippen LogP contribution in [0.1, 0.15) is 56.1 Å². The second-order valence-electron chi connectivity index (χ2n) is 14.7. The van der Waals surface area contributed by atoms with Gasteiger partial charge >= 0.3 is 5.97 Å². The predicted octanol–water partition coefficient (Wildman–Crippen LogP) is 10.3. The summed E-state index contributed by atoms with van der Waals surface area (Å²) in [5.41, 5.74) is 2.38. The lowest BCUT2D eigenvalue weighted by molar-refractivity contribution is -0.368. The van der Waals surface area contributed by atoms with Crippen molar-refractivity contribution >= 4 is 49.1 Å². The van der Waals surface area contributed by atoms with E-state index in [1.165, 1.54) is 73.5 Å². The SMILES string of the molecule is O=C(CCCOOC12CC3CC(CC1C3)C2)OC(Cc1c2ccccc2cc2ccccc12)Cc1c2ccccc2cc2ccccc12. The molecule has 0 heterocycles. The lowest BCUT2D eigenvalue weighted by Crippen LogP contribution is -2.34. The summed E-state index contributed by atoms with van der Waals surface area (Å²) in [5, 5.41) is 9.64. The van der Waals surface area contributed by atoms with Crippen LogP contribution in [-0.4, -0.2) is 24.3 Å². The number of benzene rings is 6. The van der Waals surface area contributed by atoms with Crippen LogP contribution in [0.15, 0.2) is 109 Å². The molecule has 4 saturated carbocycles. The monoisotopic (exact) mass is 634 g/mol. The van der Waals surface area contributed by atoms with Crippen molar-refractivity contribution in [3.8, 4) is 0 Å². The molecule has 4 nitrogen and oxygen atoms in total. The van der Waals surface area contributed by atoms with Gasteiger partial charge in [0.15, 0.2) is 0 Å². The Balaban J connectivity index is 0.987. The first-order valence-corrected chi connectivity index (χ1v) is 17.9. The van der Waals surface area contributed by atoms with Crippen LogP contribution in [0.3, 0.4) is 0 Å². The highest BCUT2D eigenvalue weighted by Gasteiger charge is 2.59. The highest BCUT2D eigenvalue weighted by atomic mass is 17.2. The van der Waals surface area contributed by atoms with E-state index in [4.69, 9.17) is 14.5 Å². The van der Waals surface area contributed by atoms with Gasteiger partial charge in [-0.15, -0.1) is 0 Å². The zero-order chi connectivity index (χ0) is 32.1. The zero-order valence-electron chi connectivity index (χ0n) is 27.4. The normalized spacial score (nSPS) is 22.9. The maximum Gasteiger partial charge on any atom is 0.306 e. The molecule has 4 aliphatic rings. The van der Waals surface area contributed by atoms with E-state index >= 15 is 0 Å². The molecule has 4 fully saturated rings. The van der Waals surface area contributed by atoms with Gasteiger partial charge in [-0.25, -0.2) is 9.78 Å². The standard InChI is InChI=1S/C44H42O4/c45-43(18-9-19-46-48-44-27-29-20-30(28-44)22-35(44)21-29)47-36(25-41-37-14-5-1-10-31(37)23-32-11-2-6-15-38(32)41)26-42-39-16-7-3-12-33(39)24-34-13-4-8-17-40(34)42/h1-8,10-17,23-24,29-30,35-36H,9,18-22,25-28H2. The molecular weight excluding hydrogens is 592 g/mol. The topological polar surface area (TPSA) is 44.8 Å². The number of fused-ring (bicyclic) bond motifs is 4. The summed E-state index contributed by atoms with van der Waals surface area (Å²) < 4.78 is 6.49. The van der Waals surface area contributed by atoms with Crippen molar-refractivity contribution in [3.63, 3.8) is 0 Å². The van der Waals surface area contributed by atoms with Crippen molar-refractivity contribution in [3.05, 3.63) is 120 Å². The van der Waals surface area contributed by atoms with E-state index in [0.29, 0.717) is 38.2 Å². The van der Waals surface area contributed by atoms with Crippen LogP contribution >= 0.6 is 0 Å². The Hall–Kier alpha value is -4.25. The number of hydrogen-bond donors (Lipinski definition) is 0. The third-order valence-corrected chi connectivity index (χ3v) is 11.7. The van der Waals surface area contributed by atoms with Crippen LogP contribution in [0, 0.1) is 17.8 Å². The molecule has 6 aromatic carbocycles. The molecule has 4 heteroatoms. The van der Waals surface area contributed by atoms with Crippen molar-refractivity contribution in [2.75, 3.05) is 6.61 Å². The number of hydrogen-bond acceptors (Lipinski definition) is 4. The van der Waals surface area contributed by atoms with E-state index < -0.39 is 0 Å². The second-order valence-corrected chi connectivity index (χ2v) is 14.7. The summed E-state index contributed by atoms with van der Waals surface area (Å²) in [6.07, 6.45) is 8.03. The van der Waals surface area contributed by atoms with Gasteiger partial charge < -0.3 is 4.74 Å². The molecule has 4 aliphatic carbocycles. The minimum atomic E-state index is -0.346. The van der Waals surface area contributed by atoms with Crippen LogP contribution in [0.2, 0.25) is 0 Å². The molecule has 242 valence electrons. The van der Waals surface area contributed by atoms with Crippen molar-refractivity contribution in [2.24, 2.45) is 17.8 Å². The highest BCUT2D eigenvalue weighted by molar-refractivity contribution is 6.03. The predicted molar refractivity (Wildman–Crippen MR) is 193 cm³/mol. The summed E-state index contributed by atoms with van der Waals surface area (Å²) in [5.74, 6) is 2.10. The molecule has 0 N–H and O–H groups in total. The van der Waals surface area contributed by atoms with Crippen LogP contribution in [0.4, 0.5) is 0 Å². The Kier molecular flexibility index (Phi) is 7.67. The van der Waals surface area contributed by atoms with Crippen molar-refractivity contribution in [2.45, 2.75) is 69.5 Å². The molecule has 48 heavy (non-hydrogen) atoms. The first-order valence-electron chi connectivity index (χ1n) is 17.9. The van der Waals surface area contributed by atoms with Gasteiger partial charge in [0.05, 0.1) is 6.61 Å². The first kappa shape index (κ1) is 29.9. The smallest absolute Gasteiger partial charge is 0.306 e. The average Bonchev–Trinajstić information content (AvgIpc) is 3.50. The van der Waals surface area contributed by atoms with E-state index in [9.17, 15) is 4.79 Å². The fourth-order valence-corrected chi connectivity index (χ4v) is 9.80. The summed E-state index contributed by atoms with van der Waals surface area (Å²) in [6.45, 7) is 0.408. The van der Waals surface area contributed by atoms with Crippen molar-refractivity contribution in [1.29, 1.82) is 0 Å². The van der Waals surface area contributed by atoms with Crippen molar-refractivity contribution in [1.82, 2.24) is 0 Å². The molecule has 0 aliphatic heterocycles. The Morgan fingerprint density at radius 1 is 0.646 bits per heavy atom. The lowest BCUT2D eigenvalue weighted by Gasteiger charge is -2.31. The van der Waals surface area contributed by atoms with Gasteiger partial charge in [0.1, 0.15) is 11.7 Å². The van der Waals surface area contributed by atoms with Gasteiger partial charge in [-0.1, -0.05) is 97.1 Å². The number of rotatable bonds is 11. The Morgan fingerprint density at radius 2 is 1.10 bits per heavy atom. The van der Waals surface area contributed by atoms with Crippen LogP contribution in [0.5, 0.6) is 0 Å². The van der Waals surface area contributed by atoms with Crippen LogP contribution < -0.4 is 0 Å². The largest absolute Gasteiger partial charge is 0.462 e. The first-order chi connectivity index (χ1) is 23.6. The molecule has 0 spiro atoms. The summed E-state index contributed by atoms with van der Waals surface area (Å²) in [7, 11) is 0. The lowest BCUT2D eigenvalue weighted by atomic mass is 9.81. The minimum absolute atomic E-state index is 0.0678. The van der Waals surface area contributed by atoms with Gasteiger partial charge in [-0.2, -0.15) is 0 Å². The Labute approximate surface area is 281 Å². The molecule has 2 unspecified atom stereocenters. The molecule has 6 aromatic rings. The molecule has 10 rings (SSSR count). The Bertz CT molecular complexity index is 1910. The minimum Gasteiger partial charge on any atom is -0.462 e. The second kappa shape index (κ2) is 12.3. The van der Waals surface area contributed by atoms with Gasteiger partial charge in [0.25, 0.3) is 0 Å². The molecule has 2 atom stereocenters. The van der Waals surface area contributed by atoms with Crippen molar-refractivity contribution < 1.29 is 19.3 Å². The molecule has 0 aromatic heterocycles. The van der Waals surface area contributed by atoms with E-state index in [1.54, 1.807) is 0 Å². The van der Waals surface area contributed by atoms with E-state index in [1.807, 2.05) is 0 Å². The van der Waals surface area contributed by atoms with E-state index in [0.717, 1.165) is 24.7 Å². The van der Waals surface area contributed by atoms with Gasteiger partial charge in [0, 0.05) is 19.3 Å². The third kappa shape index (κ3) is 5.45. The molecule has 0 radical (unpaired) electrons. The maximum atomic E-state index is 13.6. The quantitative estimate of drug-likeness (QED) is 0.0468. The highest BCUT2D eigenvalue weighted by Crippen LogP contribution is 2.62. The van der Waals surface area contributed by atoms with Gasteiger partial charge in [-0.05, 0) is 123 Å². The fraction of sp³-hybridized carbons (Fsp3) is 0.341. The maximum absolute atomic E-state index is 13.6. The average molecular weight is 635 g/mol. The van der Waals surface area contributed by atoms with E-state index in [-0.39, 0.29) is 17.7 Å². The molecular formula is C44H42O4. The van der Waals surface area contributed by atoms with Crippen LogP contribution in [-0.2, 0) is 32.1 Å². The van der Waals surface area contributed by atoms with E-state index in [2.05, 4.69) is 109 Å². The number of carbonyl (C=O) groups excluding carboxylic acids is 1. The zero-order valence-corrected chi connectivity index (χ0v) is 27.4. The summed E-state index contributed by atoms with van der Waals surface area (Å²) in [4.78, 5) is 25.6. The number of ether oxygens (including phenoxy) is 1. The fourth-order valence-electron chi connectivity index (χ4n) is 9.80. The number of esters is 1. The molecule has 0 saturated heterocycles. The van der Waals surface area contributed by atoms with Gasteiger partial charge in [-0.3, -0.25) is 4.79 Å². The number of carbonyl (C=O) groups is 1. The molecule has 0 amide bonds. The van der Waals surface area contributed by atoms with Gasteiger partial charge in [0.2, 0.25) is 0 Å².